The molecular formula is C17H23N3O. The third-order valence-electron chi connectivity index (χ3n) is 3.50. The van der Waals surface area contributed by atoms with E-state index in [9.17, 15) is 0 Å². The number of rotatable bonds is 2. The number of aromatic nitrogens is 2. The van der Waals surface area contributed by atoms with Crippen LogP contribution in [0.4, 0.5) is 5.82 Å². The lowest BCUT2D eigenvalue weighted by Gasteiger charge is -2.20. The number of aryl methyl sites for hydroxylation is 2. The molecule has 4 heteroatoms. The number of ether oxygens (including phenoxy) is 1. The molecule has 2 aromatic rings. The van der Waals surface area contributed by atoms with Crippen LogP contribution in [0.1, 0.15) is 43.3 Å². The van der Waals surface area contributed by atoms with Gasteiger partial charge in [0.25, 0.3) is 0 Å². The van der Waals surface area contributed by atoms with Gasteiger partial charge in [0.1, 0.15) is 17.4 Å². The second-order valence-corrected chi connectivity index (χ2v) is 6.42. The van der Waals surface area contributed by atoms with Gasteiger partial charge in [-0.15, -0.1) is 0 Å². The first kappa shape index (κ1) is 15.3. The molecular weight excluding hydrogens is 262 g/mol. The normalized spacial score (nSPS) is 11.5. The summed E-state index contributed by atoms with van der Waals surface area (Å²) in [7, 11) is 0. The lowest BCUT2D eigenvalue weighted by molar-refractivity contribution is 0.452. The molecule has 1 aromatic heterocycles. The van der Waals surface area contributed by atoms with E-state index in [1.807, 2.05) is 19.9 Å². The molecule has 1 aromatic carbocycles. The molecule has 21 heavy (non-hydrogen) atoms. The van der Waals surface area contributed by atoms with Crippen LogP contribution in [0.25, 0.3) is 0 Å². The van der Waals surface area contributed by atoms with Crippen molar-refractivity contribution >= 4 is 5.82 Å². The van der Waals surface area contributed by atoms with Crippen LogP contribution in [0.3, 0.4) is 0 Å². The number of nitrogen functional groups attached to an aromatic ring is 1. The van der Waals surface area contributed by atoms with Gasteiger partial charge in [-0.25, -0.2) is 4.98 Å². The molecule has 1 heterocycles. The Hall–Kier alpha value is -2.10. The molecule has 2 N–H and O–H groups in total. The Labute approximate surface area is 126 Å². The smallest absolute Gasteiger partial charge is 0.227 e. The van der Waals surface area contributed by atoms with Crippen molar-refractivity contribution in [2.24, 2.45) is 0 Å². The van der Waals surface area contributed by atoms with Gasteiger partial charge in [0.2, 0.25) is 5.88 Å². The van der Waals surface area contributed by atoms with Gasteiger partial charge in [0.15, 0.2) is 0 Å². The average molecular weight is 285 g/mol. The second kappa shape index (κ2) is 5.35. The van der Waals surface area contributed by atoms with E-state index in [4.69, 9.17) is 10.5 Å². The zero-order valence-electron chi connectivity index (χ0n) is 13.6. The van der Waals surface area contributed by atoms with Crippen LogP contribution in [0.2, 0.25) is 0 Å². The SMILES string of the molecule is Cc1nc(N)c(C)c(Oc2ccc(C(C)(C)C)cc2C)n1. The van der Waals surface area contributed by atoms with Crippen LogP contribution in [-0.4, -0.2) is 9.97 Å². The summed E-state index contributed by atoms with van der Waals surface area (Å²) < 4.78 is 5.94. The number of hydrogen-bond acceptors (Lipinski definition) is 4. The summed E-state index contributed by atoms with van der Waals surface area (Å²) in [5.74, 6) is 2.38. The van der Waals surface area contributed by atoms with Gasteiger partial charge in [0, 0.05) is 0 Å². The van der Waals surface area contributed by atoms with Crippen molar-refractivity contribution in [1.29, 1.82) is 0 Å². The molecule has 0 amide bonds. The standard InChI is InChI=1S/C17H23N3O/c1-10-9-13(17(4,5)6)7-8-14(10)21-16-11(2)15(18)19-12(3)20-16/h7-9H,1-6H3,(H2,18,19,20). The summed E-state index contributed by atoms with van der Waals surface area (Å²) in [4.78, 5) is 8.46. The molecule has 0 unspecified atom stereocenters. The van der Waals surface area contributed by atoms with Crippen LogP contribution in [0.15, 0.2) is 18.2 Å². The predicted octanol–water partition coefficient (Wildman–Crippen LogP) is 4.07. The van der Waals surface area contributed by atoms with Crippen molar-refractivity contribution < 1.29 is 4.74 Å². The first-order valence-corrected chi connectivity index (χ1v) is 7.08. The van der Waals surface area contributed by atoms with Crippen LogP contribution < -0.4 is 10.5 Å². The molecule has 112 valence electrons. The van der Waals surface area contributed by atoms with Crippen molar-refractivity contribution in [1.82, 2.24) is 9.97 Å². The minimum atomic E-state index is 0.120. The Morgan fingerprint density at radius 3 is 2.29 bits per heavy atom. The van der Waals surface area contributed by atoms with E-state index in [-0.39, 0.29) is 5.41 Å². The first-order chi connectivity index (χ1) is 9.68. The molecule has 0 aliphatic carbocycles. The fourth-order valence-electron chi connectivity index (χ4n) is 2.06. The number of anilines is 1. The molecule has 0 atom stereocenters. The molecule has 4 nitrogen and oxygen atoms in total. The van der Waals surface area contributed by atoms with Gasteiger partial charge in [-0.05, 0) is 43.4 Å². The number of hydrogen-bond donors (Lipinski definition) is 1. The molecule has 0 fully saturated rings. The summed E-state index contributed by atoms with van der Waals surface area (Å²) in [5.41, 5.74) is 9.11. The third kappa shape index (κ3) is 3.32. The zero-order chi connectivity index (χ0) is 15.8. The van der Waals surface area contributed by atoms with Crippen LogP contribution in [-0.2, 0) is 5.41 Å². The van der Waals surface area contributed by atoms with E-state index < -0.39 is 0 Å². The summed E-state index contributed by atoms with van der Waals surface area (Å²) in [6.07, 6.45) is 0. The third-order valence-corrected chi connectivity index (χ3v) is 3.50. The fourth-order valence-corrected chi connectivity index (χ4v) is 2.06. The maximum atomic E-state index is 5.94. The van der Waals surface area contributed by atoms with E-state index in [0.717, 1.165) is 16.9 Å². The average Bonchev–Trinajstić information content (AvgIpc) is 2.36. The predicted molar refractivity (Wildman–Crippen MR) is 85.9 cm³/mol. The van der Waals surface area contributed by atoms with Crippen molar-refractivity contribution in [3.05, 3.63) is 40.7 Å². The lowest BCUT2D eigenvalue weighted by atomic mass is 9.86. The number of nitrogens with zero attached hydrogens (tertiary/aromatic N) is 2. The van der Waals surface area contributed by atoms with Gasteiger partial charge < -0.3 is 10.5 Å². The van der Waals surface area contributed by atoms with E-state index in [1.165, 1.54) is 5.56 Å². The van der Waals surface area contributed by atoms with Crippen LogP contribution in [0.5, 0.6) is 11.6 Å². The van der Waals surface area contributed by atoms with E-state index in [1.54, 1.807) is 6.92 Å². The Bertz CT molecular complexity index is 672. The largest absolute Gasteiger partial charge is 0.438 e. The van der Waals surface area contributed by atoms with E-state index in [0.29, 0.717) is 17.5 Å². The number of benzene rings is 1. The quantitative estimate of drug-likeness (QED) is 0.903. The highest BCUT2D eigenvalue weighted by atomic mass is 16.5. The van der Waals surface area contributed by atoms with Gasteiger partial charge in [-0.1, -0.05) is 32.9 Å². The highest BCUT2D eigenvalue weighted by molar-refractivity contribution is 5.47. The van der Waals surface area contributed by atoms with Crippen molar-refractivity contribution in [3.63, 3.8) is 0 Å². The first-order valence-electron chi connectivity index (χ1n) is 7.08. The molecule has 0 radical (unpaired) electrons. The van der Waals surface area contributed by atoms with Gasteiger partial charge in [0.05, 0.1) is 5.56 Å². The minimum Gasteiger partial charge on any atom is -0.438 e. The Morgan fingerprint density at radius 2 is 1.71 bits per heavy atom. The molecule has 0 spiro atoms. The Balaban J connectivity index is 2.37. The van der Waals surface area contributed by atoms with E-state index >= 15 is 0 Å². The fraction of sp³-hybridized carbons (Fsp3) is 0.412. The van der Waals surface area contributed by atoms with Crippen molar-refractivity contribution in [3.8, 4) is 11.6 Å². The molecule has 2 rings (SSSR count). The summed E-state index contributed by atoms with van der Waals surface area (Å²) in [6, 6.07) is 6.24. The molecule has 0 aliphatic heterocycles. The van der Waals surface area contributed by atoms with E-state index in [2.05, 4.69) is 42.9 Å². The van der Waals surface area contributed by atoms with Crippen LogP contribution >= 0.6 is 0 Å². The molecule has 0 saturated carbocycles. The summed E-state index contributed by atoms with van der Waals surface area (Å²) >= 11 is 0. The number of nitrogens with two attached hydrogens (primary N) is 1. The second-order valence-electron chi connectivity index (χ2n) is 6.42. The monoisotopic (exact) mass is 285 g/mol. The minimum absolute atomic E-state index is 0.120. The summed E-state index contributed by atoms with van der Waals surface area (Å²) in [6.45, 7) is 12.3. The van der Waals surface area contributed by atoms with Crippen molar-refractivity contribution in [2.75, 3.05) is 5.73 Å². The molecule has 0 aliphatic rings. The highest BCUT2D eigenvalue weighted by Crippen LogP contribution is 2.31. The maximum absolute atomic E-state index is 5.94. The van der Waals surface area contributed by atoms with Crippen molar-refractivity contribution in [2.45, 2.75) is 47.0 Å². The molecule has 0 bridgehead atoms. The van der Waals surface area contributed by atoms with Crippen LogP contribution in [0, 0.1) is 20.8 Å². The van der Waals surface area contributed by atoms with Gasteiger partial charge >= 0.3 is 0 Å². The topological polar surface area (TPSA) is 61.0 Å². The lowest BCUT2D eigenvalue weighted by Crippen LogP contribution is -2.11. The Morgan fingerprint density at radius 1 is 1.05 bits per heavy atom. The maximum Gasteiger partial charge on any atom is 0.227 e. The summed E-state index contributed by atoms with van der Waals surface area (Å²) in [5, 5.41) is 0. The zero-order valence-corrected chi connectivity index (χ0v) is 13.6. The highest BCUT2D eigenvalue weighted by Gasteiger charge is 2.16. The van der Waals surface area contributed by atoms with Gasteiger partial charge in [-0.2, -0.15) is 4.98 Å². The van der Waals surface area contributed by atoms with Gasteiger partial charge in [-0.3, -0.25) is 0 Å². The Kier molecular flexibility index (Phi) is 3.90. The molecule has 0 saturated heterocycles.